The van der Waals surface area contributed by atoms with Gasteiger partial charge in [-0.1, -0.05) is 18.6 Å². The van der Waals surface area contributed by atoms with Gasteiger partial charge in [0.1, 0.15) is 14.9 Å². The van der Waals surface area contributed by atoms with Gasteiger partial charge < -0.3 is 4.74 Å². The SMILES string of the molecule is COC#C[Si](C)C. The standard InChI is InChI=1S/C5H9OSi/c1-6-4-5-7(2)3/h1-3H3. The Labute approximate surface area is 46.3 Å². The summed E-state index contributed by atoms with van der Waals surface area (Å²) in [5, 5.41) is 0. The number of ether oxygens (including phenoxy) is 1. The summed E-state index contributed by atoms with van der Waals surface area (Å²) in [7, 11) is 1.20. The Balaban J connectivity index is 3.24. The van der Waals surface area contributed by atoms with Gasteiger partial charge in [0, 0.05) is 0 Å². The van der Waals surface area contributed by atoms with Gasteiger partial charge in [-0.25, -0.2) is 0 Å². The first-order valence-corrected chi connectivity index (χ1v) is 4.61. The van der Waals surface area contributed by atoms with Crippen LogP contribution in [0.25, 0.3) is 0 Å². The molecule has 0 amide bonds. The van der Waals surface area contributed by atoms with Crippen molar-refractivity contribution in [3.63, 3.8) is 0 Å². The van der Waals surface area contributed by atoms with Crippen molar-refractivity contribution in [3.05, 3.63) is 0 Å². The number of hydrogen-bond acceptors (Lipinski definition) is 1. The first kappa shape index (κ1) is 6.58. The first-order valence-electron chi connectivity index (χ1n) is 2.11. The van der Waals surface area contributed by atoms with Gasteiger partial charge in [0.15, 0.2) is 0 Å². The zero-order valence-corrected chi connectivity index (χ0v) is 5.91. The molecule has 0 saturated carbocycles. The molecule has 7 heavy (non-hydrogen) atoms. The molecule has 1 radical (unpaired) electrons. The molecule has 0 fully saturated rings. The van der Waals surface area contributed by atoms with Crippen molar-refractivity contribution in [2.24, 2.45) is 0 Å². The van der Waals surface area contributed by atoms with Gasteiger partial charge >= 0.3 is 0 Å². The van der Waals surface area contributed by atoms with Crippen LogP contribution in [0.5, 0.6) is 0 Å². The molecule has 0 saturated heterocycles. The third-order valence-corrected chi connectivity index (χ3v) is 1.01. The number of hydrogen-bond donors (Lipinski definition) is 0. The van der Waals surface area contributed by atoms with E-state index < -0.39 is 0 Å². The summed E-state index contributed by atoms with van der Waals surface area (Å²) in [6.45, 7) is 4.24. The molecule has 0 aromatic heterocycles. The number of rotatable bonds is 0. The van der Waals surface area contributed by atoms with Crippen LogP contribution in [0.4, 0.5) is 0 Å². The van der Waals surface area contributed by atoms with E-state index in [4.69, 9.17) is 0 Å². The Kier molecular flexibility index (Phi) is 3.53. The van der Waals surface area contributed by atoms with E-state index in [0.29, 0.717) is 0 Å². The zero-order chi connectivity index (χ0) is 5.70. The highest BCUT2D eigenvalue weighted by Gasteiger charge is 1.82. The van der Waals surface area contributed by atoms with Gasteiger partial charge in [0.2, 0.25) is 0 Å². The average molecular weight is 113 g/mol. The summed E-state index contributed by atoms with van der Waals surface area (Å²) in [5.41, 5.74) is 2.92. The largest absolute Gasteiger partial charge is 0.450 e. The molecule has 2 heteroatoms. The first-order chi connectivity index (χ1) is 3.27. The maximum atomic E-state index is 4.52. The maximum Gasteiger partial charge on any atom is 0.142 e. The summed E-state index contributed by atoms with van der Waals surface area (Å²) in [5.74, 6) is 0. The van der Waals surface area contributed by atoms with Gasteiger partial charge in [-0.15, -0.1) is 0 Å². The van der Waals surface area contributed by atoms with E-state index in [0.717, 1.165) is 0 Å². The molecule has 0 N–H and O–H groups in total. The Morgan fingerprint density at radius 1 is 1.43 bits per heavy atom. The summed E-state index contributed by atoms with van der Waals surface area (Å²) in [6, 6.07) is 0. The fraction of sp³-hybridized carbons (Fsp3) is 0.600. The van der Waals surface area contributed by atoms with Crippen molar-refractivity contribution >= 4 is 8.80 Å². The summed E-state index contributed by atoms with van der Waals surface area (Å²) < 4.78 is 4.52. The quantitative estimate of drug-likeness (QED) is 0.335. The van der Waals surface area contributed by atoms with Gasteiger partial charge in [0.25, 0.3) is 0 Å². The van der Waals surface area contributed by atoms with Gasteiger partial charge in [-0.05, 0) is 0 Å². The van der Waals surface area contributed by atoms with Crippen LogP contribution in [-0.2, 0) is 4.74 Å². The van der Waals surface area contributed by atoms with Crippen LogP contribution in [0.1, 0.15) is 0 Å². The van der Waals surface area contributed by atoms with Gasteiger partial charge in [-0.3, -0.25) is 0 Å². The van der Waals surface area contributed by atoms with Crippen LogP contribution < -0.4 is 0 Å². The lowest BCUT2D eigenvalue weighted by Gasteiger charge is -1.81. The Morgan fingerprint density at radius 2 is 2.00 bits per heavy atom. The minimum atomic E-state index is -0.383. The van der Waals surface area contributed by atoms with E-state index in [1.165, 1.54) is 0 Å². The Hall–Kier alpha value is -0.423. The molecular formula is C5H9OSi. The van der Waals surface area contributed by atoms with Crippen LogP contribution in [0.15, 0.2) is 0 Å². The number of methoxy groups -OCH3 is 1. The van der Waals surface area contributed by atoms with E-state index >= 15 is 0 Å². The molecular weight excluding hydrogens is 104 g/mol. The maximum absolute atomic E-state index is 4.52. The topological polar surface area (TPSA) is 9.23 Å². The molecule has 0 aromatic rings. The second kappa shape index (κ2) is 3.76. The highest BCUT2D eigenvalue weighted by molar-refractivity contribution is 6.64. The third kappa shape index (κ3) is 5.58. The van der Waals surface area contributed by atoms with Crippen molar-refractivity contribution in [1.82, 2.24) is 0 Å². The second-order valence-electron chi connectivity index (χ2n) is 1.43. The predicted molar refractivity (Wildman–Crippen MR) is 32.3 cm³/mol. The van der Waals surface area contributed by atoms with Crippen LogP contribution in [-0.4, -0.2) is 15.9 Å². The van der Waals surface area contributed by atoms with Gasteiger partial charge in [0.05, 0.1) is 7.11 Å². The van der Waals surface area contributed by atoms with E-state index in [2.05, 4.69) is 29.5 Å². The Bertz CT molecular complexity index is 88.0. The second-order valence-corrected chi connectivity index (χ2v) is 3.68. The monoisotopic (exact) mass is 113 g/mol. The third-order valence-electron chi connectivity index (χ3n) is 0.403. The van der Waals surface area contributed by atoms with Crippen LogP contribution in [0.2, 0.25) is 13.1 Å². The molecule has 1 nitrogen and oxygen atoms in total. The minimum absolute atomic E-state index is 0.383. The van der Waals surface area contributed by atoms with E-state index in [9.17, 15) is 0 Å². The lowest BCUT2D eigenvalue weighted by molar-refractivity contribution is 0.372. The molecule has 0 heterocycles. The molecule has 0 unspecified atom stereocenters. The fourth-order valence-corrected chi connectivity index (χ4v) is 0.459. The lowest BCUT2D eigenvalue weighted by Crippen LogP contribution is -1.93. The van der Waals surface area contributed by atoms with Gasteiger partial charge in [-0.2, -0.15) is 0 Å². The van der Waals surface area contributed by atoms with Crippen molar-refractivity contribution in [3.8, 4) is 11.7 Å². The molecule has 0 spiro atoms. The van der Waals surface area contributed by atoms with Crippen LogP contribution >= 0.6 is 0 Å². The summed E-state index contributed by atoms with van der Waals surface area (Å²) >= 11 is 0. The molecule has 0 aliphatic rings. The average Bonchev–Trinajstić information content (AvgIpc) is 1.61. The van der Waals surface area contributed by atoms with E-state index in [-0.39, 0.29) is 8.80 Å². The molecule has 0 bridgehead atoms. The molecule has 0 aliphatic carbocycles. The molecule has 0 atom stereocenters. The smallest absolute Gasteiger partial charge is 0.142 e. The van der Waals surface area contributed by atoms with E-state index in [1.807, 2.05) is 0 Å². The Morgan fingerprint density at radius 3 is 2.14 bits per heavy atom. The van der Waals surface area contributed by atoms with E-state index in [1.54, 1.807) is 7.11 Å². The zero-order valence-electron chi connectivity index (χ0n) is 4.91. The van der Waals surface area contributed by atoms with Crippen molar-refractivity contribution in [2.75, 3.05) is 7.11 Å². The van der Waals surface area contributed by atoms with Crippen molar-refractivity contribution < 1.29 is 4.74 Å². The normalized spacial score (nSPS) is 7.43. The van der Waals surface area contributed by atoms with Crippen molar-refractivity contribution in [1.29, 1.82) is 0 Å². The van der Waals surface area contributed by atoms with Crippen LogP contribution in [0.3, 0.4) is 0 Å². The molecule has 39 valence electrons. The molecule has 0 aromatic carbocycles. The summed E-state index contributed by atoms with van der Waals surface area (Å²) in [4.78, 5) is 0. The summed E-state index contributed by atoms with van der Waals surface area (Å²) in [6.07, 6.45) is 2.54. The fourth-order valence-electron chi connectivity index (χ4n) is 0.153. The highest BCUT2D eigenvalue weighted by atomic mass is 28.3. The highest BCUT2D eigenvalue weighted by Crippen LogP contribution is 1.71. The minimum Gasteiger partial charge on any atom is -0.450 e. The van der Waals surface area contributed by atoms with Crippen LogP contribution in [0, 0.1) is 11.7 Å². The lowest BCUT2D eigenvalue weighted by atomic mass is 11.2. The molecule has 0 aliphatic heterocycles. The van der Waals surface area contributed by atoms with Crippen molar-refractivity contribution in [2.45, 2.75) is 13.1 Å². The predicted octanol–water partition coefficient (Wildman–Crippen LogP) is 0.887. The molecule has 0 rings (SSSR count).